The van der Waals surface area contributed by atoms with E-state index in [9.17, 15) is 4.79 Å². The average molecular weight is 295 g/mol. The first kappa shape index (κ1) is 13.7. The molecule has 0 aliphatic heterocycles. The number of nitrogens with one attached hydrogen (secondary N) is 2. The Morgan fingerprint density at radius 2 is 1.79 bits per heavy atom. The smallest absolute Gasteiger partial charge is 0.257 e. The minimum Gasteiger partial charge on any atom is -0.387 e. The van der Waals surface area contributed by atoms with Gasteiger partial charge in [-0.2, -0.15) is 0 Å². The highest BCUT2D eigenvalue weighted by atomic mass is 35.5. The van der Waals surface area contributed by atoms with Crippen molar-refractivity contribution in [3.63, 3.8) is 0 Å². The van der Waals surface area contributed by atoms with Crippen molar-refractivity contribution in [1.82, 2.24) is 0 Å². The van der Waals surface area contributed by atoms with Gasteiger partial charge in [0, 0.05) is 18.4 Å². The Morgan fingerprint density at radius 1 is 1.05 bits per heavy atom. The zero-order valence-corrected chi connectivity index (χ0v) is 11.7. The molecule has 0 fully saturated rings. The molecule has 0 heterocycles. The maximum absolute atomic E-state index is 12.2. The van der Waals surface area contributed by atoms with Crippen molar-refractivity contribution in [3.05, 3.63) is 58.1 Å². The van der Waals surface area contributed by atoms with E-state index in [0.29, 0.717) is 21.3 Å². The van der Waals surface area contributed by atoms with Gasteiger partial charge >= 0.3 is 0 Å². The molecule has 0 atom stereocenters. The summed E-state index contributed by atoms with van der Waals surface area (Å²) >= 11 is 11.7. The summed E-state index contributed by atoms with van der Waals surface area (Å²) in [6.07, 6.45) is 0. The normalized spacial score (nSPS) is 10.1. The average Bonchev–Trinajstić information content (AvgIpc) is 2.43. The maximum atomic E-state index is 12.2. The van der Waals surface area contributed by atoms with Gasteiger partial charge in [0.25, 0.3) is 5.91 Å². The van der Waals surface area contributed by atoms with Gasteiger partial charge in [-0.15, -0.1) is 0 Å². The monoisotopic (exact) mass is 294 g/mol. The van der Waals surface area contributed by atoms with Gasteiger partial charge in [-0.3, -0.25) is 4.79 Å². The summed E-state index contributed by atoms with van der Waals surface area (Å²) in [5.41, 5.74) is 1.93. The number of amides is 1. The predicted molar refractivity (Wildman–Crippen MR) is 80.4 cm³/mol. The molecular weight excluding hydrogens is 283 g/mol. The molecule has 0 unspecified atom stereocenters. The van der Waals surface area contributed by atoms with Crippen LogP contribution in [-0.2, 0) is 0 Å². The molecule has 0 radical (unpaired) electrons. The van der Waals surface area contributed by atoms with Crippen LogP contribution >= 0.6 is 23.2 Å². The van der Waals surface area contributed by atoms with Gasteiger partial charge in [0.2, 0.25) is 0 Å². The van der Waals surface area contributed by atoms with Crippen LogP contribution in [0.3, 0.4) is 0 Å². The van der Waals surface area contributed by atoms with Crippen molar-refractivity contribution in [1.29, 1.82) is 0 Å². The maximum Gasteiger partial charge on any atom is 0.257 e. The first-order valence-electron chi connectivity index (χ1n) is 5.65. The second-order valence-corrected chi connectivity index (χ2v) is 4.69. The van der Waals surface area contributed by atoms with Crippen LogP contribution in [0.1, 0.15) is 10.4 Å². The van der Waals surface area contributed by atoms with Crippen molar-refractivity contribution >= 4 is 40.5 Å². The summed E-state index contributed by atoms with van der Waals surface area (Å²) in [6.45, 7) is 0. The summed E-state index contributed by atoms with van der Waals surface area (Å²) in [5, 5.41) is 6.61. The van der Waals surface area contributed by atoms with Crippen molar-refractivity contribution in [2.45, 2.75) is 0 Å². The van der Waals surface area contributed by atoms with Crippen LogP contribution in [0, 0.1) is 0 Å². The SMILES string of the molecule is CNc1ccccc1C(=O)Nc1ccc(Cl)c(Cl)c1. The first-order valence-corrected chi connectivity index (χ1v) is 6.40. The Hall–Kier alpha value is -1.71. The molecular formula is C14H12Cl2N2O. The van der Waals surface area contributed by atoms with Crippen LogP contribution in [-0.4, -0.2) is 13.0 Å². The third-order valence-corrected chi connectivity index (χ3v) is 3.36. The third-order valence-electron chi connectivity index (χ3n) is 2.62. The van der Waals surface area contributed by atoms with E-state index in [1.165, 1.54) is 0 Å². The fourth-order valence-corrected chi connectivity index (χ4v) is 1.97. The van der Waals surface area contributed by atoms with Crippen LogP contribution < -0.4 is 10.6 Å². The zero-order chi connectivity index (χ0) is 13.8. The standard InChI is InChI=1S/C14H12Cl2N2O/c1-17-13-5-3-2-4-10(13)14(19)18-9-6-7-11(15)12(16)8-9/h2-8,17H,1H3,(H,18,19). The molecule has 2 aromatic rings. The predicted octanol–water partition coefficient (Wildman–Crippen LogP) is 4.29. The highest BCUT2D eigenvalue weighted by molar-refractivity contribution is 6.42. The number of anilines is 2. The van der Waals surface area contributed by atoms with E-state index in [1.807, 2.05) is 18.2 Å². The quantitative estimate of drug-likeness (QED) is 0.887. The largest absolute Gasteiger partial charge is 0.387 e. The lowest BCUT2D eigenvalue weighted by Crippen LogP contribution is -2.13. The van der Waals surface area contributed by atoms with E-state index in [0.717, 1.165) is 5.69 Å². The van der Waals surface area contributed by atoms with Gasteiger partial charge in [-0.25, -0.2) is 0 Å². The number of para-hydroxylation sites is 1. The molecule has 2 rings (SSSR count). The van der Waals surface area contributed by atoms with Gasteiger partial charge in [0.05, 0.1) is 15.6 Å². The number of hydrogen-bond acceptors (Lipinski definition) is 2. The Balaban J connectivity index is 2.23. The molecule has 3 nitrogen and oxygen atoms in total. The molecule has 0 aliphatic rings. The van der Waals surface area contributed by atoms with Gasteiger partial charge in [0.1, 0.15) is 0 Å². The highest BCUT2D eigenvalue weighted by Gasteiger charge is 2.10. The van der Waals surface area contributed by atoms with Crippen LogP contribution in [0.2, 0.25) is 10.0 Å². The second kappa shape index (κ2) is 5.95. The summed E-state index contributed by atoms with van der Waals surface area (Å²) in [7, 11) is 1.77. The minimum absolute atomic E-state index is 0.205. The molecule has 0 aliphatic carbocycles. The topological polar surface area (TPSA) is 41.1 Å². The third kappa shape index (κ3) is 3.19. The molecule has 2 N–H and O–H groups in total. The molecule has 19 heavy (non-hydrogen) atoms. The van der Waals surface area contributed by atoms with Crippen molar-refractivity contribution in [3.8, 4) is 0 Å². The molecule has 1 amide bonds. The molecule has 98 valence electrons. The number of rotatable bonds is 3. The Morgan fingerprint density at radius 3 is 2.47 bits per heavy atom. The Labute approximate surface area is 121 Å². The number of halogens is 2. The lowest BCUT2D eigenvalue weighted by molar-refractivity contribution is 0.102. The first-order chi connectivity index (χ1) is 9.11. The zero-order valence-electron chi connectivity index (χ0n) is 10.2. The van der Waals surface area contributed by atoms with Crippen LogP contribution in [0.5, 0.6) is 0 Å². The molecule has 0 aromatic heterocycles. The van der Waals surface area contributed by atoms with Crippen LogP contribution in [0.4, 0.5) is 11.4 Å². The van der Waals surface area contributed by atoms with E-state index in [4.69, 9.17) is 23.2 Å². The minimum atomic E-state index is -0.205. The Bertz CT molecular complexity index is 614. The van der Waals surface area contributed by atoms with Gasteiger partial charge in [-0.05, 0) is 30.3 Å². The number of carbonyl (C=O) groups is 1. The van der Waals surface area contributed by atoms with E-state index in [2.05, 4.69) is 10.6 Å². The summed E-state index contributed by atoms with van der Waals surface area (Å²) in [4.78, 5) is 12.2. The van der Waals surface area contributed by atoms with Gasteiger partial charge < -0.3 is 10.6 Å². The van der Waals surface area contributed by atoms with Gasteiger partial charge in [0.15, 0.2) is 0 Å². The molecule has 5 heteroatoms. The van der Waals surface area contributed by atoms with Gasteiger partial charge in [-0.1, -0.05) is 35.3 Å². The summed E-state index contributed by atoms with van der Waals surface area (Å²) < 4.78 is 0. The van der Waals surface area contributed by atoms with Crippen molar-refractivity contribution in [2.75, 3.05) is 17.7 Å². The van der Waals surface area contributed by atoms with E-state index in [-0.39, 0.29) is 5.91 Å². The summed E-state index contributed by atoms with van der Waals surface area (Å²) in [6, 6.07) is 12.2. The number of benzene rings is 2. The lowest BCUT2D eigenvalue weighted by Gasteiger charge is -2.10. The molecule has 0 bridgehead atoms. The van der Waals surface area contributed by atoms with Crippen molar-refractivity contribution < 1.29 is 4.79 Å². The van der Waals surface area contributed by atoms with E-state index < -0.39 is 0 Å². The lowest BCUT2D eigenvalue weighted by atomic mass is 10.1. The molecule has 0 saturated carbocycles. The molecule has 0 spiro atoms. The van der Waals surface area contributed by atoms with Crippen LogP contribution in [0.25, 0.3) is 0 Å². The number of hydrogen-bond donors (Lipinski definition) is 2. The Kier molecular flexibility index (Phi) is 4.30. The fourth-order valence-electron chi connectivity index (χ4n) is 1.67. The second-order valence-electron chi connectivity index (χ2n) is 3.88. The van der Waals surface area contributed by atoms with Crippen LogP contribution in [0.15, 0.2) is 42.5 Å². The fraction of sp³-hybridized carbons (Fsp3) is 0.0714. The highest BCUT2D eigenvalue weighted by Crippen LogP contribution is 2.25. The summed E-state index contributed by atoms with van der Waals surface area (Å²) in [5.74, 6) is -0.205. The van der Waals surface area contributed by atoms with Crippen molar-refractivity contribution in [2.24, 2.45) is 0 Å². The van der Waals surface area contributed by atoms with E-state index in [1.54, 1.807) is 31.3 Å². The molecule has 0 saturated heterocycles. The van der Waals surface area contributed by atoms with E-state index >= 15 is 0 Å². The number of carbonyl (C=O) groups excluding carboxylic acids is 1. The molecule has 2 aromatic carbocycles.